The molecule has 6 rings (SSSR count). The maximum Gasteiger partial charge on any atom is 0.146 e. The van der Waals surface area contributed by atoms with Crippen LogP contribution in [0.4, 0.5) is 0 Å². The molecule has 4 aromatic rings. The van der Waals surface area contributed by atoms with Crippen molar-refractivity contribution in [1.82, 2.24) is 4.90 Å². The number of nitrogens with zero attached hydrogens (tertiary/aromatic N) is 2. The lowest BCUT2D eigenvalue weighted by atomic mass is 9.74. The van der Waals surface area contributed by atoms with Gasteiger partial charge in [-0.2, -0.15) is 0 Å². The second-order valence-electron chi connectivity index (χ2n) is 10.5. The van der Waals surface area contributed by atoms with E-state index in [1.165, 1.54) is 33.0 Å². The van der Waals surface area contributed by atoms with Crippen molar-refractivity contribution in [1.29, 1.82) is 0 Å². The Balaban J connectivity index is 1.34. The van der Waals surface area contributed by atoms with Crippen LogP contribution in [0.1, 0.15) is 54.4 Å². The van der Waals surface area contributed by atoms with Crippen LogP contribution in [-0.4, -0.2) is 41.3 Å². The summed E-state index contributed by atoms with van der Waals surface area (Å²) < 4.78 is 5.67. The van der Waals surface area contributed by atoms with Gasteiger partial charge in [0.25, 0.3) is 0 Å². The SMILES string of the molecule is CCOc1ccc(CC2c3ccccc3C3=NCCCN3C2(O)CCCc2cccc3ccccc23)cc1. The van der Waals surface area contributed by atoms with Crippen LogP contribution >= 0.6 is 0 Å². The summed E-state index contributed by atoms with van der Waals surface area (Å²) in [6.45, 7) is 4.30. The number of ether oxygens (including phenoxy) is 1. The van der Waals surface area contributed by atoms with Crippen molar-refractivity contribution in [2.24, 2.45) is 4.99 Å². The summed E-state index contributed by atoms with van der Waals surface area (Å²) in [5, 5.41) is 15.3. The Hall–Kier alpha value is -3.63. The Bertz CT molecular complexity index is 1440. The zero-order valence-electron chi connectivity index (χ0n) is 22.1. The number of hydrogen-bond acceptors (Lipinski definition) is 4. The lowest BCUT2D eigenvalue weighted by Gasteiger charge is -2.52. The van der Waals surface area contributed by atoms with Crippen LogP contribution in [0.3, 0.4) is 0 Å². The van der Waals surface area contributed by atoms with Gasteiger partial charge in [-0.25, -0.2) is 0 Å². The number of aryl methyl sites for hydroxylation is 1. The molecule has 0 fully saturated rings. The van der Waals surface area contributed by atoms with Gasteiger partial charge < -0.3 is 14.7 Å². The Kier molecular flexibility index (Phi) is 6.90. The van der Waals surface area contributed by atoms with Crippen molar-refractivity contribution in [2.45, 2.75) is 50.7 Å². The van der Waals surface area contributed by atoms with Gasteiger partial charge in [-0.1, -0.05) is 78.9 Å². The van der Waals surface area contributed by atoms with E-state index >= 15 is 0 Å². The van der Waals surface area contributed by atoms with Crippen LogP contribution in [0.5, 0.6) is 5.75 Å². The summed E-state index contributed by atoms with van der Waals surface area (Å²) in [5.74, 6) is 1.79. The summed E-state index contributed by atoms with van der Waals surface area (Å²) in [6, 6.07) is 32.1. The molecular formula is C34H36N2O2. The third kappa shape index (κ3) is 4.58. The molecule has 0 bridgehead atoms. The summed E-state index contributed by atoms with van der Waals surface area (Å²) in [5.41, 5.74) is 3.92. The lowest BCUT2D eigenvalue weighted by molar-refractivity contribution is -0.105. The fourth-order valence-corrected chi connectivity index (χ4v) is 6.41. The predicted molar refractivity (Wildman–Crippen MR) is 155 cm³/mol. The van der Waals surface area contributed by atoms with Crippen LogP contribution < -0.4 is 4.74 Å². The summed E-state index contributed by atoms with van der Waals surface area (Å²) in [7, 11) is 0. The third-order valence-corrected chi connectivity index (χ3v) is 8.20. The molecule has 0 aliphatic carbocycles. The van der Waals surface area contributed by atoms with Crippen molar-refractivity contribution in [3.8, 4) is 5.75 Å². The highest BCUT2D eigenvalue weighted by Gasteiger charge is 2.49. The summed E-state index contributed by atoms with van der Waals surface area (Å²) in [4.78, 5) is 7.16. The molecule has 1 N–H and O–H groups in total. The number of aliphatic hydroxyl groups is 1. The first kappa shape index (κ1) is 24.7. The van der Waals surface area contributed by atoms with E-state index in [9.17, 15) is 5.11 Å². The standard InChI is InChI=1S/C34H36N2O2/c1-2-38-28-19-17-25(18-20-28)24-32-30-15-5-6-16-31(30)33-35-22-9-23-36(33)34(32,37)21-8-13-27-12-7-11-26-10-3-4-14-29(26)27/h3-7,10-12,14-20,32,37H,2,8-9,13,21-24H2,1H3. The smallest absolute Gasteiger partial charge is 0.146 e. The van der Waals surface area contributed by atoms with Crippen molar-refractivity contribution in [3.05, 3.63) is 113 Å². The fourth-order valence-electron chi connectivity index (χ4n) is 6.41. The molecule has 4 heteroatoms. The monoisotopic (exact) mass is 504 g/mol. The molecule has 2 aliphatic heterocycles. The van der Waals surface area contributed by atoms with Gasteiger partial charge in [-0.3, -0.25) is 4.99 Å². The molecule has 0 aromatic heterocycles. The largest absolute Gasteiger partial charge is 0.494 e. The minimum atomic E-state index is -1.00. The second kappa shape index (κ2) is 10.6. The van der Waals surface area contributed by atoms with Crippen molar-refractivity contribution < 1.29 is 9.84 Å². The van der Waals surface area contributed by atoms with Crippen LogP contribution in [0.15, 0.2) is 96.0 Å². The molecule has 2 aliphatic rings. The fraction of sp³-hybridized carbons (Fsp3) is 0.324. The molecule has 2 atom stereocenters. The second-order valence-corrected chi connectivity index (χ2v) is 10.5. The Labute approximate surface area is 225 Å². The summed E-state index contributed by atoms with van der Waals surface area (Å²) >= 11 is 0. The molecule has 0 saturated carbocycles. The Morgan fingerprint density at radius 2 is 1.74 bits per heavy atom. The molecule has 0 amide bonds. The van der Waals surface area contributed by atoms with E-state index in [1.807, 2.05) is 19.1 Å². The highest BCUT2D eigenvalue weighted by molar-refractivity contribution is 6.02. The molecule has 2 heterocycles. The van der Waals surface area contributed by atoms with E-state index in [0.29, 0.717) is 13.0 Å². The van der Waals surface area contributed by atoms with Gasteiger partial charge >= 0.3 is 0 Å². The normalized spacial score (nSPS) is 20.5. The lowest BCUT2D eigenvalue weighted by Crippen LogP contribution is -2.61. The van der Waals surface area contributed by atoms with E-state index in [1.54, 1.807) is 0 Å². The van der Waals surface area contributed by atoms with Gasteiger partial charge in [0.2, 0.25) is 0 Å². The van der Waals surface area contributed by atoms with Gasteiger partial charge in [-0.05, 0) is 78.6 Å². The molecule has 194 valence electrons. The maximum absolute atomic E-state index is 12.7. The minimum Gasteiger partial charge on any atom is -0.494 e. The number of rotatable bonds is 8. The molecule has 0 spiro atoms. The first-order chi connectivity index (χ1) is 18.7. The van der Waals surface area contributed by atoms with E-state index < -0.39 is 5.72 Å². The molecule has 0 saturated heterocycles. The van der Waals surface area contributed by atoms with Crippen molar-refractivity contribution >= 4 is 16.6 Å². The zero-order valence-corrected chi connectivity index (χ0v) is 22.1. The molecule has 4 aromatic carbocycles. The molecule has 38 heavy (non-hydrogen) atoms. The average molecular weight is 505 g/mol. The van der Waals surface area contributed by atoms with E-state index in [-0.39, 0.29) is 5.92 Å². The molecule has 4 nitrogen and oxygen atoms in total. The molecular weight excluding hydrogens is 468 g/mol. The van der Waals surface area contributed by atoms with E-state index in [4.69, 9.17) is 9.73 Å². The van der Waals surface area contributed by atoms with Gasteiger partial charge in [0.05, 0.1) is 6.61 Å². The van der Waals surface area contributed by atoms with Gasteiger partial charge in [-0.15, -0.1) is 0 Å². The predicted octanol–water partition coefficient (Wildman–Crippen LogP) is 6.74. The average Bonchev–Trinajstić information content (AvgIpc) is 2.97. The van der Waals surface area contributed by atoms with Crippen LogP contribution in [0.2, 0.25) is 0 Å². The van der Waals surface area contributed by atoms with E-state index in [0.717, 1.165) is 50.4 Å². The van der Waals surface area contributed by atoms with Gasteiger partial charge in [0, 0.05) is 24.6 Å². The zero-order chi connectivity index (χ0) is 26.0. The number of amidine groups is 1. The van der Waals surface area contributed by atoms with Gasteiger partial charge in [0.15, 0.2) is 0 Å². The summed E-state index contributed by atoms with van der Waals surface area (Å²) in [6.07, 6.45) is 4.24. The topological polar surface area (TPSA) is 45.1 Å². The minimum absolute atomic E-state index is 0.0544. The highest BCUT2D eigenvalue weighted by atomic mass is 16.5. The molecule has 0 radical (unpaired) electrons. The molecule has 2 unspecified atom stereocenters. The number of benzene rings is 4. The van der Waals surface area contributed by atoms with E-state index in [2.05, 4.69) is 83.8 Å². The van der Waals surface area contributed by atoms with Gasteiger partial charge in [0.1, 0.15) is 17.3 Å². The third-order valence-electron chi connectivity index (χ3n) is 8.20. The Morgan fingerprint density at radius 3 is 2.61 bits per heavy atom. The quantitative estimate of drug-likeness (QED) is 0.289. The van der Waals surface area contributed by atoms with Crippen molar-refractivity contribution in [2.75, 3.05) is 19.7 Å². The number of aliphatic imine (C=N–C) groups is 1. The van der Waals surface area contributed by atoms with Crippen molar-refractivity contribution in [3.63, 3.8) is 0 Å². The van der Waals surface area contributed by atoms with Crippen LogP contribution in [0, 0.1) is 0 Å². The number of fused-ring (bicyclic) bond motifs is 4. The Morgan fingerprint density at radius 1 is 0.947 bits per heavy atom. The van der Waals surface area contributed by atoms with Crippen LogP contribution in [0.25, 0.3) is 10.8 Å². The highest BCUT2D eigenvalue weighted by Crippen LogP contribution is 2.45. The maximum atomic E-state index is 12.7. The number of hydrogen-bond donors (Lipinski definition) is 1. The first-order valence-corrected chi connectivity index (χ1v) is 14.0. The van der Waals surface area contributed by atoms with Crippen LogP contribution in [-0.2, 0) is 12.8 Å². The first-order valence-electron chi connectivity index (χ1n) is 14.0.